The summed E-state index contributed by atoms with van der Waals surface area (Å²) in [6.45, 7) is 2.18. The van der Waals surface area contributed by atoms with E-state index in [0.717, 1.165) is 38.6 Å². The summed E-state index contributed by atoms with van der Waals surface area (Å²) in [4.78, 5) is 2.44. The van der Waals surface area contributed by atoms with E-state index in [1.807, 2.05) is 4.31 Å². The number of hydrogen-bond donors (Lipinski definition) is 0. The van der Waals surface area contributed by atoms with Crippen molar-refractivity contribution in [1.82, 2.24) is 15.1 Å². The lowest BCUT2D eigenvalue weighted by atomic mass is 9.34. The zero-order valence-electron chi connectivity index (χ0n) is 20.2. The van der Waals surface area contributed by atoms with Crippen molar-refractivity contribution < 1.29 is 22.0 Å². The average molecular weight is 564 g/mol. The Hall–Kier alpha value is -2.75. The molecule has 0 N–H and O–H groups in total. The molecule has 13 heteroatoms. The first kappa shape index (κ1) is 26.8. The number of hydrogen-bond acceptors (Lipinski definition) is 7. The monoisotopic (exact) mass is 563 g/mol. The first-order valence-electron chi connectivity index (χ1n) is 12.2. The van der Waals surface area contributed by atoms with E-state index in [-0.39, 0.29) is 35.0 Å². The predicted octanol–water partition coefficient (Wildman–Crippen LogP) is 6.66. The van der Waals surface area contributed by atoms with Crippen molar-refractivity contribution >= 4 is 35.9 Å². The van der Waals surface area contributed by atoms with Gasteiger partial charge in [0.25, 0.3) is 12.6 Å². The van der Waals surface area contributed by atoms with Crippen LogP contribution in [0, 0.1) is 22.9 Å². The summed E-state index contributed by atoms with van der Waals surface area (Å²) in [7, 11) is 0. The van der Waals surface area contributed by atoms with Crippen molar-refractivity contribution in [3.63, 3.8) is 0 Å². The van der Waals surface area contributed by atoms with Gasteiger partial charge in [0.05, 0.1) is 11.6 Å². The number of halogens is 5. The van der Waals surface area contributed by atoms with Gasteiger partial charge in [-0.1, -0.05) is 17.7 Å². The van der Waals surface area contributed by atoms with Gasteiger partial charge in [-0.05, 0) is 86.9 Å². The molecule has 2 aliphatic heterocycles. The Morgan fingerprint density at radius 3 is 2.53 bits per heavy atom. The molecule has 198 valence electrons. The van der Waals surface area contributed by atoms with Crippen LogP contribution in [0.2, 0.25) is 17.7 Å². The largest absolute Gasteiger partial charge is 0.415 e. The third-order valence-electron chi connectivity index (χ3n) is 7.00. The predicted molar refractivity (Wildman–Crippen MR) is 139 cm³/mol. The quantitative estimate of drug-likeness (QED) is 0.172. The minimum Gasteiger partial charge on any atom is -0.415 e. The summed E-state index contributed by atoms with van der Waals surface area (Å²) >= 11 is 7.63. The van der Waals surface area contributed by atoms with E-state index in [9.17, 15) is 13.2 Å². The van der Waals surface area contributed by atoms with Crippen LogP contribution in [-0.4, -0.2) is 46.2 Å². The van der Waals surface area contributed by atoms with Gasteiger partial charge >= 0.3 is 6.43 Å². The number of anilines is 1. The molecule has 0 atom stereocenters. The Bertz CT molecular complexity index is 1330. The third kappa shape index (κ3) is 5.95. The van der Waals surface area contributed by atoms with E-state index >= 15 is 4.39 Å². The Labute approximate surface area is 227 Å². The van der Waals surface area contributed by atoms with Crippen molar-refractivity contribution in [2.45, 2.75) is 49.7 Å². The highest BCUT2D eigenvalue weighted by atomic mass is 35.5. The molecule has 0 saturated carbocycles. The molecule has 2 aliphatic rings. The van der Waals surface area contributed by atoms with Crippen molar-refractivity contribution in [2.24, 2.45) is 0 Å². The van der Waals surface area contributed by atoms with E-state index < -0.39 is 24.0 Å². The number of benzene rings is 2. The Balaban J connectivity index is 1.30. The maximum Gasteiger partial charge on any atom is 0.314 e. The molecule has 3 aromatic rings. The van der Waals surface area contributed by atoms with Gasteiger partial charge < -0.3 is 13.6 Å². The lowest BCUT2D eigenvalue weighted by molar-refractivity contribution is 0.116. The lowest BCUT2D eigenvalue weighted by Crippen LogP contribution is -2.51. The normalized spacial score (nSPS) is 17.0. The molecule has 1 aromatic heterocycles. The summed E-state index contributed by atoms with van der Waals surface area (Å²) in [5.41, 5.74) is 1.18. The van der Waals surface area contributed by atoms with E-state index in [2.05, 4.69) is 21.1 Å². The van der Waals surface area contributed by atoms with E-state index in [0.29, 0.717) is 17.3 Å². The highest BCUT2D eigenvalue weighted by Crippen LogP contribution is 2.37. The van der Waals surface area contributed by atoms with Gasteiger partial charge in [0, 0.05) is 28.0 Å². The van der Waals surface area contributed by atoms with Crippen LogP contribution in [0.3, 0.4) is 0 Å². The maximum absolute atomic E-state index is 15.2. The van der Waals surface area contributed by atoms with Crippen molar-refractivity contribution in [3.05, 3.63) is 64.5 Å². The minimum absolute atomic E-state index is 0.0259. The molecule has 2 saturated heterocycles. The van der Waals surface area contributed by atoms with E-state index in [4.69, 9.17) is 21.3 Å². The highest BCUT2D eigenvalue weighted by molar-refractivity contribution is 8.01. The molecule has 0 spiro atoms. The third-order valence-corrected chi connectivity index (χ3v) is 8.65. The molecule has 2 fully saturated rings. The molecule has 6 nitrogen and oxygen atoms in total. The summed E-state index contributed by atoms with van der Waals surface area (Å²) in [6, 6.07) is 9.13. The molecular formula is C25H23BClF4N5OS. The second kappa shape index (κ2) is 11.6. The Morgan fingerprint density at radius 2 is 1.89 bits per heavy atom. The molecule has 0 aliphatic carbocycles. The van der Waals surface area contributed by atoms with Crippen LogP contribution in [0.5, 0.6) is 0 Å². The number of alkyl halides is 2. The molecule has 38 heavy (non-hydrogen) atoms. The number of nitrogens with zero attached hydrogens (tertiary/aromatic N) is 5. The first-order chi connectivity index (χ1) is 18.3. The highest BCUT2D eigenvalue weighted by Gasteiger charge is 2.38. The SMILES string of the molecule is N#CB1CC(N2CCC(SN(Cc3ccc(-c4nnc(C(F)F)o4)cc3F)c3ccc(F)c(Cl)c3)CC2)C1. The van der Waals surface area contributed by atoms with Gasteiger partial charge in [0.15, 0.2) is 0 Å². The molecule has 5 rings (SSSR count). The van der Waals surface area contributed by atoms with E-state index in [1.54, 1.807) is 24.1 Å². The Kier molecular flexibility index (Phi) is 8.16. The number of likely N-dealkylation sites (tertiary alicyclic amines) is 1. The maximum atomic E-state index is 15.2. The van der Waals surface area contributed by atoms with Crippen LogP contribution >= 0.6 is 23.5 Å². The van der Waals surface area contributed by atoms with Crippen LogP contribution in [-0.2, 0) is 6.54 Å². The van der Waals surface area contributed by atoms with Crippen molar-refractivity contribution in [3.8, 4) is 17.4 Å². The van der Waals surface area contributed by atoms with Gasteiger partial charge in [0.2, 0.25) is 5.89 Å². The lowest BCUT2D eigenvalue weighted by Gasteiger charge is -2.43. The molecule has 3 heterocycles. The van der Waals surface area contributed by atoms with Crippen LogP contribution in [0.25, 0.3) is 11.5 Å². The van der Waals surface area contributed by atoms with Gasteiger partial charge in [-0.15, -0.1) is 10.2 Å². The van der Waals surface area contributed by atoms with Crippen LogP contribution in [0.15, 0.2) is 40.8 Å². The molecule has 2 aromatic carbocycles. The van der Waals surface area contributed by atoms with Crippen LogP contribution in [0.1, 0.15) is 30.7 Å². The number of rotatable bonds is 8. The number of piperidine rings is 1. The van der Waals surface area contributed by atoms with Gasteiger partial charge in [-0.2, -0.15) is 8.78 Å². The first-order valence-corrected chi connectivity index (χ1v) is 13.5. The summed E-state index contributed by atoms with van der Waals surface area (Å²) in [5, 5.41) is 16.1. The second-order valence-corrected chi connectivity index (χ2v) is 11.2. The minimum atomic E-state index is -2.91. The van der Waals surface area contributed by atoms with Gasteiger partial charge in [0.1, 0.15) is 11.6 Å². The topological polar surface area (TPSA) is 69.2 Å². The van der Waals surface area contributed by atoms with Crippen LogP contribution in [0.4, 0.5) is 23.2 Å². The smallest absolute Gasteiger partial charge is 0.314 e. The second-order valence-electron chi connectivity index (χ2n) is 9.48. The van der Waals surface area contributed by atoms with Crippen molar-refractivity contribution in [1.29, 1.82) is 5.26 Å². The fourth-order valence-corrected chi connectivity index (χ4v) is 6.16. The van der Waals surface area contributed by atoms with Gasteiger partial charge in [-0.3, -0.25) is 0 Å². The number of nitriles is 1. The summed E-state index contributed by atoms with van der Waals surface area (Å²) in [5.74, 6) is 0.208. The summed E-state index contributed by atoms with van der Waals surface area (Å²) in [6.07, 6.45) is 0.792. The van der Waals surface area contributed by atoms with Gasteiger partial charge in [-0.25, -0.2) is 14.0 Å². The fourth-order valence-electron chi connectivity index (χ4n) is 4.75. The molecular weight excluding hydrogens is 541 g/mol. The van der Waals surface area contributed by atoms with E-state index in [1.165, 1.54) is 24.3 Å². The molecule has 0 bridgehead atoms. The standard InChI is InChI=1S/C25H23BClF4N5OS/c27-20-10-17(3-4-21(20)28)36(38-19-5-7-35(8-6-19)18-11-26(12-18)14-32)13-16-2-1-15(9-22(16)29)24-33-34-25(37-24)23(30)31/h1-4,9-10,18-19,23H,5-8,11-13H2. The summed E-state index contributed by atoms with van der Waals surface area (Å²) < 4.78 is 61.4. The van der Waals surface area contributed by atoms with Crippen LogP contribution < -0.4 is 4.31 Å². The molecule has 0 unspecified atom stereocenters. The number of aromatic nitrogens is 2. The fraction of sp³-hybridized carbons (Fsp3) is 0.400. The zero-order valence-corrected chi connectivity index (χ0v) is 21.7. The Morgan fingerprint density at radius 1 is 1.13 bits per heavy atom. The van der Waals surface area contributed by atoms with Crippen molar-refractivity contribution in [2.75, 3.05) is 17.4 Å². The zero-order chi connectivity index (χ0) is 26.8. The molecule has 0 amide bonds. The average Bonchev–Trinajstić information content (AvgIpc) is 3.38. The molecule has 0 radical (unpaired) electrons.